The van der Waals surface area contributed by atoms with Gasteiger partial charge in [0, 0.05) is 11.4 Å². The van der Waals surface area contributed by atoms with Crippen molar-refractivity contribution in [3.05, 3.63) is 24.3 Å². The maximum atomic E-state index is 12.4. The number of anilines is 2. The number of hydrogen-bond acceptors (Lipinski definition) is 8. The molecule has 0 spiro atoms. The van der Waals surface area contributed by atoms with Crippen molar-refractivity contribution in [3.63, 3.8) is 0 Å². The normalized spacial score (nSPS) is 12.1. The molecule has 6 N–H and O–H groups in total. The summed E-state index contributed by atoms with van der Waals surface area (Å²) in [6.45, 7) is 0. The Labute approximate surface area is 193 Å². The highest BCUT2D eigenvalue weighted by molar-refractivity contribution is 7.81. The van der Waals surface area contributed by atoms with Crippen molar-refractivity contribution in [3.8, 4) is 0 Å². The zero-order valence-corrected chi connectivity index (χ0v) is 18.3. The molecule has 0 aliphatic carbocycles. The van der Waals surface area contributed by atoms with Gasteiger partial charge in [-0.2, -0.15) is 25.3 Å². The minimum absolute atomic E-state index is 0.164. The first-order valence-electron chi connectivity index (χ1n) is 9.01. The molecule has 0 aliphatic rings. The second-order valence-electron chi connectivity index (χ2n) is 6.31. The van der Waals surface area contributed by atoms with Gasteiger partial charge in [-0.1, -0.05) is 6.07 Å². The number of hydrogen-bond donors (Lipinski definition) is 8. The third-order valence-electron chi connectivity index (χ3n) is 3.75. The SMILES string of the molecule is O=C(O)C[C@H](NC(=O)CS)C(=O)Nc1cccc(NC(=O)[C@H](CC(=O)O)NC(=O)CS)c1. The van der Waals surface area contributed by atoms with Crippen LogP contribution in [0.1, 0.15) is 12.8 Å². The molecule has 0 aliphatic heterocycles. The summed E-state index contributed by atoms with van der Waals surface area (Å²) in [4.78, 5) is 69.7. The Balaban J connectivity index is 2.92. The summed E-state index contributed by atoms with van der Waals surface area (Å²) in [6.07, 6.45) is -1.33. The van der Waals surface area contributed by atoms with Crippen LogP contribution >= 0.6 is 25.3 Å². The maximum Gasteiger partial charge on any atom is 0.305 e. The molecule has 0 fully saturated rings. The zero-order valence-electron chi connectivity index (χ0n) is 16.5. The molecular formula is C18H22N4O8S2. The number of carboxylic acids is 2. The highest BCUT2D eigenvalue weighted by Crippen LogP contribution is 2.16. The van der Waals surface area contributed by atoms with E-state index in [-0.39, 0.29) is 22.9 Å². The fourth-order valence-electron chi connectivity index (χ4n) is 2.38. The first-order valence-corrected chi connectivity index (χ1v) is 10.3. The Hall–Kier alpha value is -3.26. The predicted octanol–water partition coefficient (Wildman–Crippen LogP) is -0.658. The lowest BCUT2D eigenvalue weighted by atomic mass is 10.1. The van der Waals surface area contributed by atoms with E-state index in [1.54, 1.807) is 0 Å². The molecule has 12 nitrogen and oxygen atoms in total. The lowest BCUT2D eigenvalue weighted by Crippen LogP contribution is -2.45. The van der Waals surface area contributed by atoms with E-state index in [1.807, 2.05) is 0 Å². The summed E-state index contributed by atoms with van der Waals surface area (Å²) in [6, 6.07) is 2.96. The Bertz CT molecular complexity index is 828. The molecule has 2 atom stereocenters. The number of aliphatic carboxylic acids is 2. The number of thiol groups is 2. The van der Waals surface area contributed by atoms with Crippen LogP contribution in [-0.2, 0) is 28.8 Å². The van der Waals surface area contributed by atoms with Gasteiger partial charge < -0.3 is 31.5 Å². The molecule has 14 heteroatoms. The Morgan fingerprint density at radius 2 is 1.12 bits per heavy atom. The van der Waals surface area contributed by atoms with Crippen LogP contribution in [-0.4, -0.2) is 69.4 Å². The number of nitrogens with one attached hydrogen (secondary N) is 4. The maximum absolute atomic E-state index is 12.4. The molecule has 32 heavy (non-hydrogen) atoms. The van der Waals surface area contributed by atoms with E-state index in [0.717, 1.165) is 0 Å². The molecule has 1 aromatic carbocycles. The number of carbonyl (C=O) groups is 6. The van der Waals surface area contributed by atoms with Crippen LogP contribution < -0.4 is 21.3 Å². The minimum atomic E-state index is -1.36. The molecule has 1 aromatic rings. The van der Waals surface area contributed by atoms with Crippen LogP contribution in [0.25, 0.3) is 0 Å². The third-order valence-corrected chi connectivity index (χ3v) is 4.32. The summed E-state index contributed by atoms with van der Waals surface area (Å²) in [5.74, 6) is -5.99. The number of rotatable bonds is 12. The van der Waals surface area contributed by atoms with E-state index in [9.17, 15) is 28.8 Å². The van der Waals surface area contributed by atoms with Gasteiger partial charge in [0.2, 0.25) is 23.6 Å². The molecule has 0 bridgehead atoms. The quantitative estimate of drug-likeness (QED) is 0.179. The van der Waals surface area contributed by atoms with E-state index in [2.05, 4.69) is 46.5 Å². The first kappa shape index (κ1) is 26.8. The first-order chi connectivity index (χ1) is 15.0. The predicted molar refractivity (Wildman–Crippen MR) is 120 cm³/mol. The third kappa shape index (κ3) is 9.70. The number of carbonyl (C=O) groups excluding carboxylic acids is 4. The summed E-state index contributed by atoms with van der Waals surface area (Å²) < 4.78 is 0. The average Bonchev–Trinajstić information content (AvgIpc) is 2.72. The Morgan fingerprint density at radius 3 is 1.44 bits per heavy atom. The number of benzene rings is 1. The van der Waals surface area contributed by atoms with E-state index in [1.165, 1.54) is 24.3 Å². The second-order valence-corrected chi connectivity index (χ2v) is 6.94. The van der Waals surface area contributed by atoms with Gasteiger partial charge in [0.15, 0.2) is 0 Å². The van der Waals surface area contributed by atoms with Crippen LogP contribution in [0.2, 0.25) is 0 Å². The Kier molecular flexibility index (Phi) is 11.1. The largest absolute Gasteiger partial charge is 0.481 e. The monoisotopic (exact) mass is 486 g/mol. The van der Waals surface area contributed by atoms with E-state index < -0.39 is 60.5 Å². The molecule has 4 amide bonds. The smallest absolute Gasteiger partial charge is 0.305 e. The van der Waals surface area contributed by atoms with Crippen LogP contribution in [0.15, 0.2) is 24.3 Å². The van der Waals surface area contributed by atoms with E-state index >= 15 is 0 Å². The Morgan fingerprint density at radius 1 is 0.750 bits per heavy atom. The highest BCUT2D eigenvalue weighted by Gasteiger charge is 2.25. The summed E-state index contributed by atoms with van der Waals surface area (Å²) in [7, 11) is 0. The molecule has 0 heterocycles. The van der Waals surface area contributed by atoms with Crippen molar-refractivity contribution < 1.29 is 39.0 Å². The standard InChI is InChI=1S/C18H22N4O8S2/c23-13(7-31)21-11(5-15(25)26)17(29)19-9-2-1-3-10(4-9)20-18(30)12(6-16(27)28)22-14(24)8-32/h1-4,11-12,31-32H,5-8H2,(H,19,29)(H,20,30)(H,21,23)(H,22,24)(H,25,26)(H,27,28)/t11-,12-/m0/s1. The van der Waals surface area contributed by atoms with Gasteiger partial charge in [0.25, 0.3) is 0 Å². The fourth-order valence-corrected chi connectivity index (χ4v) is 2.56. The van der Waals surface area contributed by atoms with Crippen LogP contribution in [0.3, 0.4) is 0 Å². The molecule has 1 rings (SSSR count). The topological polar surface area (TPSA) is 191 Å². The van der Waals surface area contributed by atoms with Gasteiger partial charge in [-0.25, -0.2) is 0 Å². The van der Waals surface area contributed by atoms with Crippen molar-refractivity contribution in [2.45, 2.75) is 24.9 Å². The van der Waals surface area contributed by atoms with Crippen LogP contribution in [0.4, 0.5) is 11.4 Å². The van der Waals surface area contributed by atoms with Gasteiger partial charge in [-0.15, -0.1) is 0 Å². The lowest BCUT2D eigenvalue weighted by molar-refractivity contribution is -0.140. The number of carboxylic acid groups (broad SMARTS) is 2. The van der Waals surface area contributed by atoms with Crippen molar-refractivity contribution in [2.24, 2.45) is 0 Å². The van der Waals surface area contributed by atoms with Gasteiger partial charge in [-0.05, 0) is 18.2 Å². The van der Waals surface area contributed by atoms with Gasteiger partial charge in [0.05, 0.1) is 24.3 Å². The minimum Gasteiger partial charge on any atom is -0.481 e. The van der Waals surface area contributed by atoms with E-state index in [4.69, 9.17) is 10.2 Å². The zero-order chi connectivity index (χ0) is 24.3. The van der Waals surface area contributed by atoms with E-state index in [0.29, 0.717) is 0 Å². The highest BCUT2D eigenvalue weighted by atomic mass is 32.1. The summed E-state index contributed by atoms with van der Waals surface area (Å²) in [5.41, 5.74) is 0.329. The van der Waals surface area contributed by atoms with Crippen molar-refractivity contribution in [1.29, 1.82) is 0 Å². The van der Waals surface area contributed by atoms with Gasteiger partial charge >= 0.3 is 11.9 Å². The van der Waals surface area contributed by atoms with Gasteiger partial charge in [0.1, 0.15) is 12.1 Å². The van der Waals surface area contributed by atoms with Crippen molar-refractivity contribution in [1.82, 2.24) is 10.6 Å². The summed E-state index contributed by atoms with van der Waals surface area (Å²) >= 11 is 7.52. The molecular weight excluding hydrogens is 464 g/mol. The molecule has 174 valence electrons. The lowest BCUT2D eigenvalue weighted by Gasteiger charge is -2.18. The molecule has 0 unspecified atom stereocenters. The summed E-state index contributed by atoms with van der Waals surface area (Å²) in [5, 5.41) is 27.2. The van der Waals surface area contributed by atoms with Crippen LogP contribution in [0.5, 0.6) is 0 Å². The van der Waals surface area contributed by atoms with Gasteiger partial charge in [-0.3, -0.25) is 28.8 Å². The molecule has 0 radical (unpaired) electrons. The fraction of sp³-hybridized carbons (Fsp3) is 0.333. The average molecular weight is 487 g/mol. The second kappa shape index (κ2) is 13.2. The molecule has 0 saturated carbocycles. The van der Waals surface area contributed by atoms with Crippen molar-refractivity contribution >= 4 is 72.2 Å². The van der Waals surface area contributed by atoms with Crippen molar-refractivity contribution in [2.75, 3.05) is 22.1 Å². The molecule has 0 aromatic heterocycles. The number of amides is 4. The molecule has 0 saturated heterocycles. The van der Waals surface area contributed by atoms with Crippen LogP contribution in [0, 0.1) is 0 Å².